The third-order valence-electron chi connectivity index (χ3n) is 2.70. The van der Waals surface area contributed by atoms with E-state index in [9.17, 15) is 0 Å². The van der Waals surface area contributed by atoms with Crippen molar-refractivity contribution >= 4 is 11.8 Å². The van der Waals surface area contributed by atoms with Gasteiger partial charge in [-0.1, -0.05) is 0 Å². The van der Waals surface area contributed by atoms with E-state index in [4.69, 9.17) is 0 Å². The highest BCUT2D eigenvalue weighted by atomic mass is 32.2. The van der Waals surface area contributed by atoms with Crippen molar-refractivity contribution in [1.29, 1.82) is 0 Å². The molecule has 5 heteroatoms. The van der Waals surface area contributed by atoms with Crippen molar-refractivity contribution < 1.29 is 0 Å². The van der Waals surface area contributed by atoms with Crippen molar-refractivity contribution in [3.05, 3.63) is 36.2 Å². The van der Waals surface area contributed by atoms with E-state index in [-0.39, 0.29) is 0 Å². The summed E-state index contributed by atoms with van der Waals surface area (Å²) in [4.78, 5) is 5.23. The van der Waals surface area contributed by atoms with Crippen LogP contribution < -0.4 is 0 Å². The van der Waals surface area contributed by atoms with Crippen LogP contribution in [0.3, 0.4) is 0 Å². The molecule has 2 aromatic rings. The Morgan fingerprint density at radius 2 is 2.12 bits per heavy atom. The molecule has 1 aliphatic heterocycles. The van der Waals surface area contributed by atoms with Gasteiger partial charge in [-0.25, -0.2) is 0 Å². The number of nitrogens with zero attached hydrogens (tertiary/aromatic N) is 4. The fraction of sp³-hybridized carbons (Fsp3) is 0.364. The SMILES string of the molecule is c1cc(SCc2nnc3n2CCC3)ccn1. The number of hydrogen-bond acceptors (Lipinski definition) is 4. The molecule has 0 bridgehead atoms. The Kier molecular flexibility index (Phi) is 2.61. The van der Waals surface area contributed by atoms with E-state index in [1.165, 1.54) is 11.3 Å². The molecule has 0 spiro atoms. The van der Waals surface area contributed by atoms with E-state index in [2.05, 4.69) is 19.7 Å². The minimum atomic E-state index is 0.886. The molecule has 2 aromatic heterocycles. The Balaban J connectivity index is 1.71. The summed E-state index contributed by atoms with van der Waals surface area (Å²) in [6, 6.07) is 4.04. The van der Waals surface area contributed by atoms with E-state index in [1.807, 2.05) is 24.5 Å². The summed E-state index contributed by atoms with van der Waals surface area (Å²) in [7, 11) is 0. The standard InChI is InChI=1S/C11H12N4S/c1-2-10-13-14-11(15(10)7-1)8-16-9-3-5-12-6-4-9/h3-6H,1-2,7-8H2. The van der Waals surface area contributed by atoms with Gasteiger partial charge in [-0.2, -0.15) is 0 Å². The van der Waals surface area contributed by atoms with Crippen molar-refractivity contribution in [2.45, 2.75) is 30.0 Å². The normalized spacial score (nSPS) is 14.0. The molecule has 0 saturated carbocycles. The number of rotatable bonds is 3. The topological polar surface area (TPSA) is 43.6 Å². The molecule has 0 atom stereocenters. The van der Waals surface area contributed by atoms with Crippen molar-refractivity contribution in [1.82, 2.24) is 19.7 Å². The molecule has 82 valence electrons. The van der Waals surface area contributed by atoms with Crippen LogP contribution in [0.25, 0.3) is 0 Å². The molecule has 0 unspecified atom stereocenters. The molecular weight excluding hydrogens is 220 g/mol. The zero-order chi connectivity index (χ0) is 10.8. The first-order valence-electron chi connectivity index (χ1n) is 5.37. The number of hydrogen-bond donors (Lipinski definition) is 0. The second-order valence-corrected chi connectivity index (χ2v) is 4.81. The number of aryl methyl sites for hydroxylation is 1. The van der Waals surface area contributed by atoms with Crippen LogP contribution in [-0.2, 0) is 18.7 Å². The lowest BCUT2D eigenvalue weighted by Crippen LogP contribution is -1.98. The fourth-order valence-corrected chi connectivity index (χ4v) is 2.72. The van der Waals surface area contributed by atoms with Crippen molar-refractivity contribution in [2.24, 2.45) is 0 Å². The maximum absolute atomic E-state index is 4.23. The minimum Gasteiger partial charge on any atom is -0.314 e. The molecule has 0 N–H and O–H groups in total. The van der Waals surface area contributed by atoms with E-state index in [0.717, 1.165) is 30.4 Å². The van der Waals surface area contributed by atoms with Gasteiger partial charge in [0.15, 0.2) is 0 Å². The van der Waals surface area contributed by atoms with Crippen molar-refractivity contribution in [3.8, 4) is 0 Å². The summed E-state index contributed by atoms with van der Waals surface area (Å²) >= 11 is 1.78. The number of pyridine rings is 1. The van der Waals surface area contributed by atoms with Crippen LogP contribution in [0.4, 0.5) is 0 Å². The van der Waals surface area contributed by atoms with Crippen LogP contribution in [0.15, 0.2) is 29.4 Å². The average Bonchev–Trinajstić information content (AvgIpc) is 2.90. The first-order chi connectivity index (χ1) is 7.93. The number of thioether (sulfide) groups is 1. The van der Waals surface area contributed by atoms with Crippen molar-refractivity contribution in [3.63, 3.8) is 0 Å². The predicted molar refractivity (Wildman–Crippen MR) is 62.1 cm³/mol. The minimum absolute atomic E-state index is 0.886. The van der Waals surface area contributed by atoms with Crippen LogP contribution in [0, 0.1) is 0 Å². The molecule has 0 fully saturated rings. The molecule has 4 nitrogen and oxygen atoms in total. The second kappa shape index (κ2) is 4.25. The lowest BCUT2D eigenvalue weighted by molar-refractivity contribution is 0.711. The van der Waals surface area contributed by atoms with Crippen LogP contribution >= 0.6 is 11.8 Å². The van der Waals surface area contributed by atoms with Gasteiger partial charge in [-0.15, -0.1) is 22.0 Å². The molecule has 0 saturated heterocycles. The molecular formula is C11H12N4S. The van der Waals surface area contributed by atoms with Gasteiger partial charge in [0.05, 0.1) is 5.75 Å². The largest absolute Gasteiger partial charge is 0.314 e. The van der Waals surface area contributed by atoms with Gasteiger partial charge in [0, 0.05) is 30.3 Å². The predicted octanol–water partition coefficient (Wildman–Crippen LogP) is 1.91. The van der Waals surface area contributed by atoms with E-state index in [1.54, 1.807) is 11.8 Å². The highest BCUT2D eigenvalue weighted by Crippen LogP contribution is 2.23. The Morgan fingerprint density at radius 1 is 1.25 bits per heavy atom. The summed E-state index contributed by atoms with van der Waals surface area (Å²) in [5.74, 6) is 3.12. The smallest absolute Gasteiger partial charge is 0.143 e. The maximum atomic E-state index is 4.23. The van der Waals surface area contributed by atoms with Gasteiger partial charge < -0.3 is 4.57 Å². The van der Waals surface area contributed by atoms with E-state index in [0.29, 0.717) is 0 Å². The zero-order valence-electron chi connectivity index (χ0n) is 8.83. The quantitative estimate of drug-likeness (QED) is 0.758. The van der Waals surface area contributed by atoms with Crippen LogP contribution in [-0.4, -0.2) is 19.7 Å². The first-order valence-corrected chi connectivity index (χ1v) is 6.36. The molecule has 0 amide bonds. The maximum Gasteiger partial charge on any atom is 0.143 e. The third-order valence-corrected chi connectivity index (χ3v) is 3.71. The molecule has 3 rings (SSSR count). The summed E-state index contributed by atoms with van der Waals surface area (Å²) < 4.78 is 2.24. The zero-order valence-corrected chi connectivity index (χ0v) is 9.65. The Hall–Kier alpha value is -1.36. The Labute approximate surface area is 98.1 Å². The van der Waals surface area contributed by atoms with Crippen molar-refractivity contribution in [2.75, 3.05) is 0 Å². The first kappa shape index (κ1) is 9.84. The van der Waals surface area contributed by atoms with Gasteiger partial charge in [0.25, 0.3) is 0 Å². The second-order valence-electron chi connectivity index (χ2n) is 3.76. The van der Waals surface area contributed by atoms with Crippen LogP contribution in [0.5, 0.6) is 0 Å². The lowest BCUT2D eigenvalue weighted by atomic mass is 10.4. The third kappa shape index (κ3) is 1.82. The van der Waals surface area contributed by atoms with Gasteiger partial charge in [0.2, 0.25) is 0 Å². The van der Waals surface area contributed by atoms with Gasteiger partial charge in [0.1, 0.15) is 11.6 Å². The molecule has 0 aromatic carbocycles. The van der Waals surface area contributed by atoms with Gasteiger partial charge in [-0.3, -0.25) is 4.98 Å². The fourth-order valence-electron chi connectivity index (χ4n) is 1.90. The van der Waals surface area contributed by atoms with Gasteiger partial charge >= 0.3 is 0 Å². The summed E-state index contributed by atoms with van der Waals surface area (Å²) in [6.07, 6.45) is 5.91. The van der Waals surface area contributed by atoms with Gasteiger partial charge in [-0.05, 0) is 18.6 Å². The van der Waals surface area contributed by atoms with Crippen LogP contribution in [0.2, 0.25) is 0 Å². The molecule has 16 heavy (non-hydrogen) atoms. The summed E-state index contributed by atoms with van der Waals surface area (Å²) in [5.41, 5.74) is 0. The molecule has 1 aliphatic rings. The number of fused-ring (bicyclic) bond motifs is 1. The molecule has 0 aliphatic carbocycles. The average molecular weight is 232 g/mol. The van der Waals surface area contributed by atoms with E-state index >= 15 is 0 Å². The summed E-state index contributed by atoms with van der Waals surface area (Å²) in [5, 5.41) is 8.43. The highest BCUT2D eigenvalue weighted by Gasteiger charge is 2.16. The van der Waals surface area contributed by atoms with Crippen LogP contribution in [0.1, 0.15) is 18.1 Å². The molecule has 0 radical (unpaired) electrons. The highest BCUT2D eigenvalue weighted by molar-refractivity contribution is 7.98. The monoisotopic (exact) mass is 232 g/mol. The summed E-state index contributed by atoms with van der Waals surface area (Å²) in [6.45, 7) is 1.08. The van der Waals surface area contributed by atoms with E-state index < -0.39 is 0 Å². The lowest BCUT2D eigenvalue weighted by Gasteiger charge is -2.02. The molecule has 3 heterocycles. The number of aromatic nitrogens is 4. The Bertz CT molecular complexity index is 480. The Morgan fingerprint density at radius 3 is 3.00 bits per heavy atom.